The zero-order valence-corrected chi connectivity index (χ0v) is 21.0. The minimum Gasteiger partial charge on any atom is -0.341 e. The number of carbonyl (C=O) groups excluding carboxylic acids is 1. The Balaban J connectivity index is 1.76. The molecule has 1 aliphatic rings. The number of anilines is 1. The second-order valence-electron chi connectivity index (χ2n) is 9.02. The molecule has 0 saturated carbocycles. The zero-order chi connectivity index (χ0) is 25.3. The molecular formula is C25H30N4O5S. The minimum absolute atomic E-state index is 0.0643. The Morgan fingerprint density at radius 3 is 2.34 bits per heavy atom. The SMILES string of the molecule is Cc1cccc(N(C)S(=O)(=O)c2ccc3c(c2)c(=O)n(CC(=O)N2CCCCCC2)c(=O)n3C)c1. The van der Waals surface area contributed by atoms with E-state index in [1.807, 2.05) is 13.0 Å². The molecule has 3 aromatic rings. The Bertz CT molecular complexity index is 1500. The first-order valence-corrected chi connectivity index (χ1v) is 13.1. The molecule has 0 atom stereocenters. The van der Waals surface area contributed by atoms with Gasteiger partial charge in [0.25, 0.3) is 15.6 Å². The third kappa shape index (κ3) is 4.75. The first kappa shape index (κ1) is 24.7. The van der Waals surface area contributed by atoms with Crippen LogP contribution in [0.25, 0.3) is 10.9 Å². The van der Waals surface area contributed by atoms with Crippen molar-refractivity contribution in [3.63, 3.8) is 0 Å². The van der Waals surface area contributed by atoms with Crippen LogP contribution in [0.3, 0.4) is 0 Å². The van der Waals surface area contributed by atoms with Gasteiger partial charge in [-0.05, 0) is 55.7 Å². The van der Waals surface area contributed by atoms with E-state index in [1.54, 1.807) is 23.1 Å². The van der Waals surface area contributed by atoms with Gasteiger partial charge in [0.15, 0.2) is 0 Å². The van der Waals surface area contributed by atoms with Crippen molar-refractivity contribution in [3.8, 4) is 0 Å². The number of rotatable bonds is 5. The van der Waals surface area contributed by atoms with Crippen LogP contribution in [0.2, 0.25) is 0 Å². The lowest BCUT2D eigenvalue weighted by Gasteiger charge is -2.21. The normalized spacial score (nSPS) is 14.7. The van der Waals surface area contributed by atoms with Crippen LogP contribution in [-0.4, -0.2) is 48.5 Å². The molecule has 9 nitrogen and oxygen atoms in total. The molecule has 1 amide bonds. The highest BCUT2D eigenvalue weighted by Gasteiger charge is 2.24. The Morgan fingerprint density at radius 1 is 1.00 bits per heavy atom. The first-order chi connectivity index (χ1) is 16.6. The number of aryl methyl sites for hydroxylation is 2. The van der Waals surface area contributed by atoms with E-state index < -0.39 is 21.3 Å². The summed E-state index contributed by atoms with van der Waals surface area (Å²) in [5, 5.41) is 0.0643. The van der Waals surface area contributed by atoms with Crippen LogP contribution in [0.1, 0.15) is 31.2 Å². The minimum atomic E-state index is -3.97. The fourth-order valence-electron chi connectivity index (χ4n) is 4.47. The van der Waals surface area contributed by atoms with E-state index in [0.29, 0.717) is 24.3 Å². The smallest absolute Gasteiger partial charge is 0.331 e. The number of benzene rings is 2. The lowest BCUT2D eigenvalue weighted by atomic mass is 10.2. The predicted molar refractivity (Wildman–Crippen MR) is 135 cm³/mol. The molecule has 1 aromatic heterocycles. The topological polar surface area (TPSA) is 102 Å². The second-order valence-corrected chi connectivity index (χ2v) is 11.0. The van der Waals surface area contributed by atoms with Crippen LogP contribution in [0.15, 0.2) is 56.9 Å². The molecule has 0 bridgehead atoms. The fourth-order valence-corrected chi connectivity index (χ4v) is 5.69. The summed E-state index contributed by atoms with van der Waals surface area (Å²) in [7, 11) is -1.02. The molecule has 35 heavy (non-hydrogen) atoms. The molecule has 2 aromatic carbocycles. The van der Waals surface area contributed by atoms with E-state index in [0.717, 1.165) is 40.1 Å². The molecule has 1 saturated heterocycles. The Morgan fingerprint density at radius 2 is 1.69 bits per heavy atom. The van der Waals surface area contributed by atoms with E-state index in [-0.39, 0.29) is 22.7 Å². The van der Waals surface area contributed by atoms with Gasteiger partial charge in [-0.3, -0.25) is 23.0 Å². The molecule has 0 N–H and O–H groups in total. The number of hydrogen-bond donors (Lipinski definition) is 0. The molecule has 2 heterocycles. The van der Waals surface area contributed by atoms with Crippen molar-refractivity contribution in [1.29, 1.82) is 0 Å². The molecule has 0 unspecified atom stereocenters. The highest BCUT2D eigenvalue weighted by molar-refractivity contribution is 7.92. The standard InChI is InChI=1S/C25H30N4O5S/c1-18-9-8-10-19(15-18)27(3)35(33,34)20-11-12-22-21(16-20)24(31)29(25(32)26(22)2)17-23(30)28-13-6-4-5-7-14-28/h8-12,15-16H,4-7,13-14,17H2,1-3H3. The summed E-state index contributed by atoms with van der Waals surface area (Å²) < 4.78 is 30.0. The maximum atomic E-state index is 13.3. The van der Waals surface area contributed by atoms with Crippen molar-refractivity contribution in [1.82, 2.24) is 14.0 Å². The number of fused-ring (bicyclic) bond motifs is 1. The average molecular weight is 499 g/mol. The molecular weight excluding hydrogens is 468 g/mol. The van der Waals surface area contributed by atoms with Crippen molar-refractivity contribution in [2.45, 2.75) is 44.0 Å². The van der Waals surface area contributed by atoms with Gasteiger partial charge < -0.3 is 4.90 Å². The van der Waals surface area contributed by atoms with Crippen molar-refractivity contribution in [2.24, 2.45) is 7.05 Å². The van der Waals surface area contributed by atoms with Crippen LogP contribution >= 0.6 is 0 Å². The summed E-state index contributed by atoms with van der Waals surface area (Å²) in [4.78, 5) is 40.8. The number of hydrogen-bond acceptors (Lipinski definition) is 5. The van der Waals surface area contributed by atoms with Crippen LogP contribution in [-0.2, 0) is 28.4 Å². The van der Waals surface area contributed by atoms with Crippen molar-refractivity contribution in [2.75, 3.05) is 24.4 Å². The summed E-state index contributed by atoms with van der Waals surface area (Å²) in [5.41, 5.74) is 0.413. The maximum absolute atomic E-state index is 13.3. The quantitative estimate of drug-likeness (QED) is 0.537. The number of nitrogens with zero attached hydrogens (tertiary/aromatic N) is 4. The molecule has 1 aliphatic heterocycles. The Kier molecular flexibility index (Phi) is 6.84. The molecule has 0 radical (unpaired) electrons. The zero-order valence-electron chi connectivity index (χ0n) is 20.2. The van der Waals surface area contributed by atoms with Crippen LogP contribution in [0.5, 0.6) is 0 Å². The van der Waals surface area contributed by atoms with Gasteiger partial charge in [0, 0.05) is 27.2 Å². The second kappa shape index (κ2) is 9.69. The predicted octanol–water partition coefficient (Wildman–Crippen LogP) is 2.24. The van der Waals surface area contributed by atoms with Crippen molar-refractivity contribution < 1.29 is 13.2 Å². The summed E-state index contributed by atoms with van der Waals surface area (Å²) in [6.45, 7) is 2.71. The molecule has 10 heteroatoms. The first-order valence-electron chi connectivity index (χ1n) is 11.7. The van der Waals surface area contributed by atoms with Crippen LogP contribution in [0, 0.1) is 6.92 Å². The molecule has 1 fully saturated rings. The van der Waals surface area contributed by atoms with Crippen LogP contribution < -0.4 is 15.6 Å². The van der Waals surface area contributed by atoms with Crippen molar-refractivity contribution in [3.05, 3.63) is 68.9 Å². The van der Waals surface area contributed by atoms with E-state index in [2.05, 4.69) is 0 Å². The van der Waals surface area contributed by atoms with Gasteiger partial charge >= 0.3 is 5.69 Å². The summed E-state index contributed by atoms with van der Waals surface area (Å²) in [5.74, 6) is -0.284. The van der Waals surface area contributed by atoms with Gasteiger partial charge in [-0.15, -0.1) is 0 Å². The van der Waals surface area contributed by atoms with Gasteiger partial charge in [-0.25, -0.2) is 13.2 Å². The monoisotopic (exact) mass is 498 g/mol. The van der Waals surface area contributed by atoms with Gasteiger partial charge in [0.05, 0.1) is 21.5 Å². The number of aromatic nitrogens is 2. The molecule has 186 valence electrons. The Labute approximate surface area is 204 Å². The van der Waals surface area contributed by atoms with Crippen LogP contribution in [0.4, 0.5) is 5.69 Å². The molecule has 0 spiro atoms. The highest BCUT2D eigenvalue weighted by Crippen LogP contribution is 2.24. The lowest BCUT2D eigenvalue weighted by Crippen LogP contribution is -2.44. The van der Waals surface area contributed by atoms with Crippen molar-refractivity contribution >= 4 is 32.5 Å². The van der Waals surface area contributed by atoms with Gasteiger partial charge in [-0.2, -0.15) is 0 Å². The summed E-state index contributed by atoms with van der Waals surface area (Å²) in [6, 6.07) is 11.2. The third-order valence-electron chi connectivity index (χ3n) is 6.60. The number of carbonyl (C=O) groups is 1. The number of amides is 1. The third-order valence-corrected chi connectivity index (χ3v) is 8.38. The fraction of sp³-hybridized carbons (Fsp3) is 0.400. The summed E-state index contributed by atoms with van der Waals surface area (Å²) in [6.07, 6.45) is 3.89. The highest BCUT2D eigenvalue weighted by atomic mass is 32.2. The van der Waals surface area contributed by atoms with E-state index >= 15 is 0 Å². The maximum Gasteiger partial charge on any atom is 0.331 e. The van der Waals surface area contributed by atoms with Gasteiger partial charge in [-0.1, -0.05) is 25.0 Å². The van der Waals surface area contributed by atoms with E-state index in [1.165, 1.54) is 36.9 Å². The Hall–Kier alpha value is -3.40. The number of sulfonamides is 1. The van der Waals surface area contributed by atoms with Gasteiger partial charge in [0.1, 0.15) is 6.54 Å². The largest absolute Gasteiger partial charge is 0.341 e. The molecule has 4 rings (SSSR count). The molecule has 0 aliphatic carbocycles. The van der Waals surface area contributed by atoms with E-state index in [9.17, 15) is 22.8 Å². The lowest BCUT2D eigenvalue weighted by molar-refractivity contribution is -0.131. The summed E-state index contributed by atoms with van der Waals surface area (Å²) >= 11 is 0. The number of likely N-dealkylation sites (tertiary alicyclic amines) is 1. The van der Waals surface area contributed by atoms with E-state index in [4.69, 9.17) is 0 Å². The van der Waals surface area contributed by atoms with Gasteiger partial charge in [0.2, 0.25) is 5.91 Å². The average Bonchev–Trinajstić information content (AvgIpc) is 3.14.